The van der Waals surface area contributed by atoms with Crippen molar-refractivity contribution in [2.24, 2.45) is 0 Å². The van der Waals surface area contributed by atoms with Crippen LogP contribution in [0, 0.1) is 0 Å². The molecule has 2 nitrogen and oxygen atoms in total. The van der Waals surface area contributed by atoms with E-state index in [1.54, 1.807) is 11.3 Å². The van der Waals surface area contributed by atoms with Crippen molar-refractivity contribution in [3.05, 3.63) is 58.4 Å². The summed E-state index contributed by atoms with van der Waals surface area (Å²) in [4.78, 5) is 4.69. The molecule has 19 heavy (non-hydrogen) atoms. The zero-order valence-electron chi connectivity index (χ0n) is 10.0. The maximum atomic E-state index is 5.81. The van der Waals surface area contributed by atoms with Crippen LogP contribution in [0.2, 0.25) is 0 Å². The van der Waals surface area contributed by atoms with Crippen molar-refractivity contribution in [1.29, 1.82) is 0 Å². The summed E-state index contributed by atoms with van der Waals surface area (Å²) in [5, 5.41) is 3.06. The zero-order valence-corrected chi connectivity index (χ0v) is 12.4. The fraction of sp³-hybridized carbons (Fsp3) is 0. The predicted molar refractivity (Wildman–Crippen MR) is 85.1 cm³/mol. The van der Waals surface area contributed by atoms with Crippen LogP contribution < -0.4 is 5.73 Å². The summed E-state index contributed by atoms with van der Waals surface area (Å²) < 4.78 is 1.06. The highest BCUT2D eigenvalue weighted by molar-refractivity contribution is 9.10. The minimum absolute atomic E-state index is 0.757. The van der Waals surface area contributed by atoms with Crippen LogP contribution in [0.15, 0.2) is 58.4 Å². The number of nitrogens with zero attached hydrogens (tertiary/aromatic N) is 1. The van der Waals surface area contributed by atoms with Crippen LogP contribution >= 0.6 is 27.3 Å². The molecule has 0 aliphatic rings. The minimum atomic E-state index is 0.757. The molecule has 0 fully saturated rings. The Balaban J connectivity index is 2.03. The molecule has 0 saturated heterocycles. The van der Waals surface area contributed by atoms with Crippen molar-refractivity contribution in [3.63, 3.8) is 0 Å². The average Bonchev–Trinajstić information content (AvgIpc) is 2.89. The Kier molecular flexibility index (Phi) is 3.36. The van der Waals surface area contributed by atoms with Gasteiger partial charge in [-0.25, -0.2) is 4.98 Å². The third kappa shape index (κ3) is 2.55. The summed E-state index contributed by atoms with van der Waals surface area (Å²) in [6, 6.07) is 15.9. The molecule has 0 atom stereocenters. The number of rotatable bonds is 2. The molecular weight excluding hydrogens is 320 g/mol. The highest BCUT2D eigenvalue weighted by Crippen LogP contribution is 2.33. The van der Waals surface area contributed by atoms with Crippen LogP contribution in [-0.2, 0) is 0 Å². The van der Waals surface area contributed by atoms with E-state index >= 15 is 0 Å². The first-order valence-corrected chi connectivity index (χ1v) is 7.47. The van der Waals surface area contributed by atoms with Crippen LogP contribution in [-0.4, -0.2) is 4.98 Å². The second-order valence-corrected chi connectivity index (χ2v) is 5.86. The van der Waals surface area contributed by atoms with Gasteiger partial charge in [0.1, 0.15) is 5.01 Å². The minimum Gasteiger partial charge on any atom is -0.399 e. The molecule has 2 aromatic carbocycles. The Bertz CT molecular complexity index is 721. The fourth-order valence-electron chi connectivity index (χ4n) is 1.86. The van der Waals surface area contributed by atoms with E-state index in [0.29, 0.717) is 0 Å². The van der Waals surface area contributed by atoms with Crippen molar-refractivity contribution < 1.29 is 0 Å². The molecule has 3 aromatic rings. The lowest BCUT2D eigenvalue weighted by atomic mass is 10.1. The van der Waals surface area contributed by atoms with Gasteiger partial charge in [-0.2, -0.15) is 0 Å². The molecule has 0 bridgehead atoms. The molecule has 3 rings (SSSR count). The van der Waals surface area contributed by atoms with Gasteiger partial charge in [0.15, 0.2) is 0 Å². The summed E-state index contributed by atoms with van der Waals surface area (Å²) in [7, 11) is 0. The molecule has 1 aromatic heterocycles. The second-order valence-electron chi connectivity index (χ2n) is 4.14. The molecule has 0 amide bonds. The third-order valence-corrected chi connectivity index (χ3v) is 4.36. The highest BCUT2D eigenvalue weighted by Gasteiger charge is 2.09. The molecule has 0 aliphatic heterocycles. The topological polar surface area (TPSA) is 38.9 Å². The van der Waals surface area contributed by atoms with Crippen LogP contribution in [0.1, 0.15) is 0 Å². The van der Waals surface area contributed by atoms with Gasteiger partial charge in [-0.15, -0.1) is 11.3 Å². The molecule has 1 heterocycles. The van der Waals surface area contributed by atoms with Crippen LogP contribution in [0.4, 0.5) is 5.69 Å². The molecule has 4 heteroatoms. The monoisotopic (exact) mass is 330 g/mol. The highest BCUT2D eigenvalue weighted by atomic mass is 79.9. The number of hydrogen-bond donors (Lipinski definition) is 1. The standard InChI is InChI=1S/C15H11BrN2S/c16-13-7-2-1-6-12(13)15-18-14(9-19-15)10-4-3-5-11(17)8-10/h1-9H,17H2. The van der Waals surface area contributed by atoms with E-state index in [2.05, 4.69) is 32.4 Å². The molecule has 0 saturated carbocycles. The average molecular weight is 331 g/mol. The summed E-state index contributed by atoms with van der Waals surface area (Å²) in [5.41, 5.74) is 9.69. The Morgan fingerprint density at radius 1 is 1.05 bits per heavy atom. The Labute approximate surface area is 124 Å². The number of halogens is 1. The zero-order chi connectivity index (χ0) is 13.2. The number of aromatic nitrogens is 1. The maximum absolute atomic E-state index is 5.81. The van der Waals surface area contributed by atoms with E-state index < -0.39 is 0 Å². The molecule has 0 unspecified atom stereocenters. The molecule has 2 N–H and O–H groups in total. The molecule has 94 valence electrons. The van der Waals surface area contributed by atoms with E-state index in [1.807, 2.05) is 42.5 Å². The van der Waals surface area contributed by atoms with Gasteiger partial charge in [0.2, 0.25) is 0 Å². The summed E-state index contributed by atoms with van der Waals surface area (Å²) in [6.07, 6.45) is 0. The van der Waals surface area contributed by atoms with Crippen molar-refractivity contribution in [1.82, 2.24) is 4.98 Å². The van der Waals surface area contributed by atoms with Gasteiger partial charge < -0.3 is 5.73 Å². The van der Waals surface area contributed by atoms with E-state index in [9.17, 15) is 0 Å². The predicted octanol–water partition coefficient (Wildman–Crippen LogP) is 4.82. The SMILES string of the molecule is Nc1cccc(-c2csc(-c3ccccc3Br)n2)c1. The van der Waals surface area contributed by atoms with Crippen molar-refractivity contribution in [3.8, 4) is 21.8 Å². The summed E-state index contributed by atoms with van der Waals surface area (Å²) >= 11 is 5.19. The van der Waals surface area contributed by atoms with Gasteiger partial charge in [0.05, 0.1) is 5.69 Å². The van der Waals surface area contributed by atoms with Crippen LogP contribution in [0.25, 0.3) is 21.8 Å². The van der Waals surface area contributed by atoms with Crippen LogP contribution in [0.5, 0.6) is 0 Å². The van der Waals surface area contributed by atoms with E-state index in [4.69, 9.17) is 5.73 Å². The first kappa shape index (κ1) is 12.4. The van der Waals surface area contributed by atoms with Crippen molar-refractivity contribution >= 4 is 33.0 Å². The Hall–Kier alpha value is -1.65. The molecule has 0 aliphatic carbocycles. The number of hydrogen-bond acceptors (Lipinski definition) is 3. The normalized spacial score (nSPS) is 10.6. The number of thiazole rings is 1. The van der Waals surface area contributed by atoms with E-state index in [-0.39, 0.29) is 0 Å². The first-order chi connectivity index (χ1) is 9.24. The first-order valence-electron chi connectivity index (χ1n) is 5.80. The molecule has 0 spiro atoms. The maximum Gasteiger partial charge on any atom is 0.125 e. The third-order valence-electron chi connectivity index (χ3n) is 2.79. The largest absolute Gasteiger partial charge is 0.399 e. The smallest absolute Gasteiger partial charge is 0.125 e. The van der Waals surface area contributed by atoms with Crippen LogP contribution in [0.3, 0.4) is 0 Å². The van der Waals surface area contributed by atoms with Crippen molar-refractivity contribution in [2.75, 3.05) is 5.73 Å². The lowest BCUT2D eigenvalue weighted by Crippen LogP contribution is -1.85. The summed E-state index contributed by atoms with van der Waals surface area (Å²) in [6.45, 7) is 0. The second kappa shape index (κ2) is 5.15. The summed E-state index contributed by atoms with van der Waals surface area (Å²) in [5.74, 6) is 0. The fourth-order valence-corrected chi connectivity index (χ4v) is 3.33. The van der Waals surface area contributed by atoms with Gasteiger partial charge in [0, 0.05) is 26.7 Å². The Morgan fingerprint density at radius 2 is 1.89 bits per heavy atom. The molecular formula is C15H11BrN2S. The lowest BCUT2D eigenvalue weighted by molar-refractivity contribution is 1.40. The van der Waals surface area contributed by atoms with Gasteiger partial charge in [-0.05, 0) is 18.2 Å². The number of benzene rings is 2. The Morgan fingerprint density at radius 3 is 2.68 bits per heavy atom. The van der Waals surface area contributed by atoms with E-state index in [0.717, 1.165) is 32.0 Å². The van der Waals surface area contributed by atoms with Gasteiger partial charge in [0.25, 0.3) is 0 Å². The quantitative estimate of drug-likeness (QED) is 0.684. The van der Waals surface area contributed by atoms with Gasteiger partial charge in [-0.3, -0.25) is 0 Å². The van der Waals surface area contributed by atoms with E-state index in [1.165, 1.54) is 0 Å². The number of anilines is 1. The van der Waals surface area contributed by atoms with Crippen molar-refractivity contribution in [2.45, 2.75) is 0 Å². The number of nitrogen functional groups attached to an aromatic ring is 1. The molecule has 0 radical (unpaired) electrons. The van der Waals surface area contributed by atoms with Gasteiger partial charge in [-0.1, -0.05) is 46.3 Å². The lowest BCUT2D eigenvalue weighted by Gasteiger charge is -2.00. The van der Waals surface area contributed by atoms with Gasteiger partial charge >= 0.3 is 0 Å². The number of nitrogens with two attached hydrogens (primary N) is 1.